The fraction of sp³-hybridized carbons (Fsp3) is 0.391. The van der Waals surface area contributed by atoms with Crippen LogP contribution in [0.3, 0.4) is 0 Å². The van der Waals surface area contributed by atoms with E-state index in [2.05, 4.69) is 0 Å². The maximum atomic E-state index is 13.6. The van der Waals surface area contributed by atoms with Gasteiger partial charge in [0, 0.05) is 43.9 Å². The van der Waals surface area contributed by atoms with Gasteiger partial charge in [0.25, 0.3) is 5.91 Å². The van der Waals surface area contributed by atoms with E-state index in [4.69, 9.17) is 9.47 Å². The van der Waals surface area contributed by atoms with Crippen LogP contribution in [0, 0.1) is 0 Å². The van der Waals surface area contributed by atoms with E-state index >= 15 is 0 Å². The van der Waals surface area contributed by atoms with Gasteiger partial charge in [0.2, 0.25) is 5.91 Å². The first-order chi connectivity index (χ1) is 14.2. The third kappa shape index (κ3) is 3.27. The Morgan fingerprint density at radius 1 is 0.793 bits per heavy atom. The van der Waals surface area contributed by atoms with Gasteiger partial charge in [-0.05, 0) is 25.0 Å². The molecule has 2 amide bonds. The topological polar surface area (TPSA) is 59.1 Å². The normalized spacial score (nSPS) is 21.3. The molecule has 3 heterocycles. The molecule has 5 rings (SSSR count). The minimum atomic E-state index is -0.378. The Hall–Kier alpha value is -2.86. The third-order valence-corrected chi connectivity index (χ3v) is 6.04. The highest BCUT2D eigenvalue weighted by molar-refractivity contribution is 5.90. The van der Waals surface area contributed by atoms with Gasteiger partial charge in [-0.3, -0.25) is 9.59 Å². The highest BCUT2D eigenvalue weighted by Crippen LogP contribution is 2.44. The summed E-state index contributed by atoms with van der Waals surface area (Å²) in [6, 6.07) is 15.5. The lowest BCUT2D eigenvalue weighted by Crippen LogP contribution is -2.53. The molecule has 3 aliphatic heterocycles. The van der Waals surface area contributed by atoms with Crippen LogP contribution < -0.4 is 4.74 Å². The maximum absolute atomic E-state index is 13.6. The second kappa shape index (κ2) is 7.52. The Kier molecular flexibility index (Phi) is 4.72. The number of carbonyl (C=O) groups is 2. The smallest absolute Gasteiger partial charge is 0.251 e. The zero-order valence-corrected chi connectivity index (χ0v) is 16.3. The van der Waals surface area contributed by atoms with E-state index in [0.29, 0.717) is 32.8 Å². The van der Waals surface area contributed by atoms with Crippen LogP contribution in [0.15, 0.2) is 48.5 Å². The van der Waals surface area contributed by atoms with Crippen LogP contribution in [-0.4, -0.2) is 60.5 Å². The summed E-state index contributed by atoms with van der Waals surface area (Å²) in [4.78, 5) is 29.9. The zero-order chi connectivity index (χ0) is 19.8. The number of fused-ring (bicyclic) bond motifs is 2. The van der Waals surface area contributed by atoms with Gasteiger partial charge in [-0.25, -0.2) is 0 Å². The lowest BCUT2D eigenvalue weighted by molar-refractivity contribution is -0.146. The van der Waals surface area contributed by atoms with Crippen LogP contribution in [0.25, 0.3) is 0 Å². The molecule has 150 valence electrons. The molecule has 0 N–H and O–H groups in total. The molecular formula is C23H24N2O4. The standard InChI is InChI=1S/C23H24N2O4/c26-22(20-10-5-15-28-20)24-11-13-25(14-12-24)23(27)21-16-6-1-3-8-18(16)29-19-9-4-2-7-17(19)21/h1-4,6-9,20-21H,5,10-15H2. The van der Waals surface area contributed by atoms with Crippen molar-refractivity contribution in [2.45, 2.75) is 24.9 Å². The van der Waals surface area contributed by atoms with Gasteiger partial charge in [-0.2, -0.15) is 0 Å². The summed E-state index contributed by atoms with van der Waals surface area (Å²) in [6.07, 6.45) is 1.44. The van der Waals surface area contributed by atoms with E-state index in [0.717, 1.165) is 35.5 Å². The van der Waals surface area contributed by atoms with Crippen molar-refractivity contribution in [3.63, 3.8) is 0 Å². The third-order valence-electron chi connectivity index (χ3n) is 6.04. The van der Waals surface area contributed by atoms with Crippen molar-refractivity contribution in [1.82, 2.24) is 9.80 Å². The summed E-state index contributed by atoms with van der Waals surface area (Å²) < 4.78 is 11.5. The molecule has 2 aromatic rings. The molecule has 0 spiro atoms. The molecule has 2 fully saturated rings. The van der Waals surface area contributed by atoms with Crippen molar-refractivity contribution in [1.29, 1.82) is 0 Å². The predicted molar refractivity (Wildman–Crippen MR) is 107 cm³/mol. The first kappa shape index (κ1) is 18.2. The Bertz CT molecular complexity index is 884. The first-order valence-electron chi connectivity index (χ1n) is 10.3. The minimum absolute atomic E-state index is 0.0661. The molecular weight excluding hydrogens is 368 g/mol. The van der Waals surface area contributed by atoms with E-state index in [9.17, 15) is 9.59 Å². The Labute approximate surface area is 170 Å². The van der Waals surface area contributed by atoms with Crippen LogP contribution >= 0.6 is 0 Å². The number of ether oxygens (including phenoxy) is 2. The number of hydrogen-bond donors (Lipinski definition) is 0. The van der Waals surface area contributed by atoms with Crippen LogP contribution in [0.4, 0.5) is 0 Å². The van der Waals surface area contributed by atoms with Crippen LogP contribution in [0.1, 0.15) is 29.9 Å². The van der Waals surface area contributed by atoms with Gasteiger partial charge in [-0.1, -0.05) is 36.4 Å². The molecule has 1 unspecified atom stereocenters. The van der Waals surface area contributed by atoms with Crippen molar-refractivity contribution >= 4 is 11.8 Å². The Morgan fingerprint density at radius 2 is 1.34 bits per heavy atom. The molecule has 6 nitrogen and oxygen atoms in total. The number of para-hydroxylation sites is 2. The van der Waals surface area contributed by atoms with Gasteiger partial charge in [-0.15, -0.1) is 0 Å². The molecule has 3 aliphatic rings. The van der Waals surface area contributed by atoms with E-state index in [1.54, 1.807) is 0 Å². The van der Waals surface area contributed by atoms with Crippen molar-refractivity contribution in [3.8, 4) is 11.5 Å². The average molecular weight is 392 g/mol. The second-order valence-electron chi connectivity index (χ2n) is 7.76. The molecule has 0 bridgehead atoms. The fourth-order valence-electron chi connectivity index (χ4n) is 4.48. The largest absolute Gasteiger partial charge is 0.457 e. The molecule has 1 atom stereocenters. The summed E-state index contributed by atoms with van der Waals surface area (Å²) in [5, 5.41) is 0. The number of hydrogen-bond acceptors (Lipinski definition) is 4. The van der Waals surface area contributed by atoms with E-state index in [-0.39, 0.29) is 23.8 Å². The number of benzene rings is 2. The predicted octanol–water partition coefficient (Wildman–Crippen LogP) is 2.77. The molecule has 0 aliphatic carbocycles. The van der Waals surface area contributed by atoms with E-state index < -0.39 is 0 Å². The zero-order valence-electron chi connectivity index (χ0n) is 16.3. The van der Waals surface area contributed by atoms with Gasteiger partial charge in [0.15, 0.2) is 0 Å². The number of amides is 2. The number of nitrogens with zero attached hydrogens (tertiary/aromatic N) is 2. The lowest BCUT2D eigenvalue weighted by atomic mass is 9.86. The minimum Gasteiger partial charge on any atom is -0.457 e. The number of carbonyl (C=O) groups excluding carboxylic acids is 2. The first-order valence-corrected chi connectivity index (χ1v) is 10.3. The summed E-state index contributed by atoms with van der Waals surface area (Å²) in [5.41, 5.74) is 1.79. The van der Waals surface area contributed by atoms with Crippen molar-refractivity contribution < 1.29 is 19.1 Å². The Balaban J connectivity index is 1.35. The van der Waals surface area contributed by atoms with Crippen LogP contribution in [0.5, 0.6) is 11.5 Å². The summed E-state index contributed by atoms with van der Waals surface area (Å²) >= 11 is 0. The second-order valence-corrected chi connectivity index (χ2v) is 7.76. The van der Waals surface area contributed by atoms with E-state index in [1.165, 1.54) is 0 Å². The molecule has 29 heavy (non-hydrogen) atoms. The highest BCUT2D eigenvalue weighted by Gasteiger charge is 2.37. The van der Waals surface area contributed by atoms with Gasteiger partial charge in [0.05, 0.1) is 5.92 Å². The molecule has 0 radical (unpaired) electrons. The number of rotatable bonds is 2. The van der Waals surface area contributed by atoms with Crippen molar-refractivity contribution in [3.05, 3.63) is 59.7 Å². The highest BCUT2D eigenvalue weighted by atomic mass is 16.5. The average Bonchev–Trinajstić information content (AvgIpc) is 3.31. The van der Waals surface area contributed by atoms with Crippen molar-refractivity contribution in [2.24, 2.45) is 0 Å². The molecule has 0 saturated carbocycles. The monoisotopic (exact) mass is 392 g/mol. The van der Waals surface area contributed by atoms with Gasteiger partial charge >= 0.3 is 0 Å². The maximum Gasteiger partial charge on any atom is 0.251 e. The van der Waals surface area contributed by atoms with Crippen LogP contribution in [-0.2, 0) is 14.3 Å². The SMILES string of the molecule is O=C(C1CCCO1)N1CCN(C(=O)C2c3ccccc3Oc3ccccc32)CC1. The van der Waals surface area contributed by atoms with E-state index in [1.807, 2.05) is 58.3 Å². The van der Waals surface area contributed by atoms with Crippen molar-refractivity contribution in [2.75, 3.05) is 32.8 Å². The molecule has 0 aromatic heterocycles. The quantitative estimate of drug-likeness (QED) is 0.789. The van der Waals surface area contributed by atoms with Gasteiger partial charge in [0.1, 0.15) is 17.6 Å². The van der Waals surface area contributed by atoms with Gasteiger partial charge < -0.3 is 19.3 Å². The fourth-order valence-corrected chi connectivity index (χ4v) is 4.48. The summed E-state index contributed by atoms with van der Waals surface area (Å²) in [7, 11) is 0. The summed E-state index contributed by atoms with van der Waals surface area (Å²) in [6.45, 7) is 2.85. The molecule has 2 saturated heterocycles. The lowest BCUT2D eigenvalue weighted by Gasteiger charge is -2.38. The molecule has 6 heteroatoms. The summed E-state index contributed by atoms with van der Waals surface area (Å²) in [5.74, 6) is 1.22. The number of piperazine rings is 1. The Morgan fingerprint density at radius 3 is 1.90 bits per heavy atom. The molecule has 2 aromatic carbocycles. The van der Waals surface area contributed by atoms with Crippen LogP contribution in [0.2, 0.25) is 0 Å².